The van der Waals surface area contributed by atoms with E-state index in [2.05, 4.69) is 10.3 Å². The summed E-state index contributed by atoms with van der Waals surface area (Å²) in [5.74, 6) is -0.167. The molecular formula is C19H17FN2O2S. The second-order valence-corrected chi connectivity index (χ2v) is 6.48. The van der Waals surface area contributed by atoms with E-state index in [9.17, 15) is 9.18 Å². The monoisotopic (exact) mass is 356 g/mol. The minimum absolute atomic E-state index is 0.121. The van der Waals surface area contributed by atoms with Gasteiger partial charge in [-0.25, -0.2) is 9.37 Å². The summed E-state index contributed by atoms with van der Waals surface area (Å²) in [6, 6.07) is 12.0. The van der Waals surface area contributed by atoms with Crippen LogP contribution in [0.25, 0.3) is 11.1 Å². The van der Waals surface area contributed by atoms with Crippen molar-refractivity contribution in [2.75, 3.05) is 12.4 Å². The first-order valence-electron chi connectivity index (χ1n) is 7.72. The average molecular weight is 356 g/mol. The number of carbonyl (C=O) groups excluding carboxylic acids is 1. The highest BCUT2D eigenvalue weighted by molar-refractivity contribution is 7.10. The van der Waals surface area contributed by atoms with Gasteiger partial charge in [0.25, 0.3) is 0 Å². The van der Waals surface area contributed by atoms with Crippen molar-refractivity contribution in [3.63, 3.8) is 0 Å². The van der Waals surface area contributed by atoms with E-state index in [4.69, 9.17) is 4.74 Å². The number of pyridine rings is 1. The Hall–Kier alpha value is -2.73. The predicted octanol–water partition coefficient (Wildman–Crippen LogP) is 4.70. The van der Waals surface area contributed by atoms with E-state index in [-0.39, 0.29) is 17.6 Å². The SMILES string of the molecule is COc1cc(-c2ccnc(NC(=O)C(C)c3cccs3)c2)ccc1F. The van der Waals surface area contributed by atoms with Gasteiger partial charge in [0.2, 0.25) is 5.91 Å². The number of amides is 1. The lowest BCUT2D eigenvalue weighted by molar-refractivity contribution is -0.117. The van der Waals surface area contributed by atoms with Crippen LogP contribution in [0.4, 0.5) is 10.2 Å². The highest BCUT2D eigenvalue weighted by Crippen LogP contribution is 2.28. The Labute approximate surface area is 149 Å². The second kappa shape index (κ2) is 7.44. The van der Waals surface area contributed by atoms with Gasteiger partial charge in [0, 0.05) is 11.1 Å². The third-order valence-electron chi connectivity index (χ3n) is 3.86. The molecule has 1 amide bonds. The lowest BCUT2D eigenvalue weighted by Gasteiger charge is -2.11. The van der Waals surface area contributed by atoms with Crippen LogP contribution >= 0.6 is 11.3 Å². The standard InChI is InChI=1S/C19H17FN2O2S/c1-12(17-4-3-9-25-17)19(23)22-18-11-14(7-8-21-18)13-5-6-15(20)16(10-13)24-2/h3-12H,1-2H3,(H,21,22,23). The number of hydrogen-bond donors (Lipinski definition) is 1. The third-order valence-corrected chi connectivity index (χ3v) is 4.91. The summed E-state index contributed by atoms with van der Waals surface area (Å²) in [6.45, 7) is 1.86. The summed E-state index contributed by atoms with van der Waals surface area (Å²) in [5, 5.41) is 4.78. The van der Waals surface area contributed by atoms with Crippen molar-refractivity contribution in [2.24, 2.45) is 0 Å². The molecule has 2 aromatic heterocycles. The number of carbonyl (C=O) groups is 1. The highest BCUT2D eigenvalue weighted by Gasteiger charge is 2.17. The first-order chi connectivity index (χ1) is 12.1. The number of thiophene rings is 1. The van der Waals surface area contributed by atoms with Crippen molar-refractivity contribution in [1.29, 1.82) is 0 Å². The van der Waals surface area contributed by atoms with Gasteiger partial charge < -0.3 is 10.1 Å². The number of aromatic nitrogens is 1. The number of methoxy groups -OCH3 is 1. The van der Waals surface area contributed by atoms with Gasteiger partial charge in [0.1, 0.15) is 5.82 Å². The Balaban J connectivity index is 1.81. The number of ether oxygens (including phenoxy) is 1. The quantitative estimate of drug-likeness (QED) is 0.721. The average Bonchev–Trinajstić information content (AvgIpc) is 3.16. The van der Waals surface area contributed by atoms with E-state index in [1.165, 1.54) is 13.2 Å². The summed E-state index contributed by atoms with van der Waals surface area (Å²) in [5.41, 5.74) is 1.59. The topological polar surface area (TPSA) is 51.2 Å². The Morgan fingerprint density at radius 2 is 2.04 bits per heavy atom. The molecular weight excluding hydrogens is 339 g/mol. The normalized spacial score (nSPS) is 11.8. The van der Waals surface area contributed by atoms with Gasteiger partial charge in [-0.1, -0.05) is 12.1 Å². The van der Waals surface area contributed by atoms with Crippen molar-refractivity contribution in [2.45, 2.75) is 12.8 Å². The Morgan fingerprint density at radius 1 is 1.24 bits per heavy atom. The van der Waals surface area contributed by atoms with Crippen molar-refractivity contribution < 1.29 is 13.9 Å². The molecule has 0 fully saturated rings. The van der Waals surface area contributed by atoms with Crippen LogP contribution in [0.3, 0.4) is 0 Å². The Bertz CT molecular complexity index is 881. The molecule has 1 unspecified atom stereocenters. The molecule has 3 aromatic rings. The molecule has 3 rings (SSSR count). The molecule has 6 heteroatoms. The maximum absolute atomic E-state index is 13.6. The molecule has 0 saturated carbocycles. The molecule has 0 aliphatic heterocycles. The van der Waals surface area contributed by atoms with Crippen LogP contribution in [0.5, 0.6) is 5.75 Å². The summed E-state index contributed by atoms with van der Waals surface area (Å²) < 4.78 is 18.6. The molecule has 0 bridgehead atoms. The van der Waals surface area contributed by atoms with Crippen molar-refractivity contribution >= 4 is 23.1 Å². The zero-order valence-electron chi connectivity index (χ0n) is 13.8. The molecule has 128 valence electrons. The summed E-state index contributed by atoms with van der Waals surface area (Å²) in [6.07, 6.45) is 1.61. The van der Waals surface area contributed by atoms with Gasteiger partial charge in [0.05, 0.1) is 13.0 Å². The molecule has 25 heavy (non-hydrogen) atoms. The molecule has 0 aliphatic carbocycles. The second-order valence-electron chi connectivity index (χ2n) is 5.51. The van der Waals surface area contributed by atoms with Crippen LogP contribution in [0.2, 0.25) is 0 Å². The van der Waals surface area contributed by atoms with E-state index >= 15 is 0 Å². The van der Waals surface area contributed by atoms with E-state index < -0.39 is 5.82 Å². The largest absolute Gasteiger partial charge is 0.494 e. The van der Waals surface area contributed by atoms with Crippen molar-refractivity contribution in [3.8, 4) is 16.9 Å². The van der Waals surface area contributed by atoms with Crippen molar-refractivity contribution in [1.82, 2.24) is 4.98 Å². The van der Waals surface area contributed by atoms with E-state index in [1.807, 2.05) is 24.4 Å². The van der Waals surface area contributed by atoms with Gasteiger partial charge in [-0.2, -0.15) is 0 Å². The van der Waals surface area contributed by atoms with E-state index in [1.54, 1.807) is 41.8 Å². The zero-order valence-corrected chi connectivity index (χ0v) is 14.6. The molecule has 4 nitrogen and oxygen atoms in total. The number of hydrogen-bond acceptors (Lipinski definition) is 4. The van der Waals surface area contributed by atoms with Crippen LogP contribution in [-0.4, -0.2) is 18.0 Å². The lowest BCUT2D eigenvalue weighted by atomic mass is 10.1. The molecule has 2 heterocycles. The molecule has 0 saturated heterocycles. The number of nitrogens with zero attached hydrogens (tertiary/aromatic N) is 1. The third kappa shape index (κ3) is 3.85. The minimum Gasteiger partial charge on any atom is -0.494 e. The number of halogens is 1. The molecule has 1 N–H and O–H groups in total. The van der Waals surface area contributed by atoms with Crippen LogP contribution in [0, 0.1) is 5.82 Å². The van der Waals surface area contributed by atoms with Crippen LogP contribution in [0.1, 0.15) is 17.7 Å². The minimum atomic E-state index is -0.418. The molecule has 0 aliphatic rings. The maximum Gasteiger partial charge on any atom is 0.233 e. The van der Waals surface area contributed by atoms with Crippen molar-refractivity contribution in [3.05, 3.63) is 64.7 Å². The van der Waals surface area contributed by atoms with Gasteiger partial charge in [-0.15, -0.1) is 11.3 Å². The number of rotatable bonds is 5. The number of nitrogens with one attached hydrogen (secondary N) is 1. The molecule has 0 spiro atoms. The van der Waals surface area contributed by atoms with E-state index in [0.717, 1.165) is 16.0 Å². The highest BCUT2D eigenvalue weighted by atomic mass is 32.1. The van der Waals surface area contributed by atoms with Gasteiger partial charge in [-0.3, -0.25) is 4.79 Å². The Kier molecular flexibility index (Phi) is 5.09. The fourth-order valence-corrected chi connectivity index (χ4v) is 3.20. The lowest BCUT2D eigenvalue weighted by Crippen LogP contribution is -2.18. The summed E-state index contributed by atoms with van der Waals surface area (Å²) in [7, 11) is 1.42. The molecule has 1 aromatic carbocycles. The summed E-state index contributed by atoms with van der Waals surface area (Å²) in [4.78, 5) is 17.6. The number of anilines is 1. The molecule has 0 radical (unpaired) electrons. The predicted molar refractivity (Wildman–Crippen MR) is 97.5 cm³/mol. The first-order valence-corrected chi connectivity index (χ1v) is 8.60. The fourth-order valence-electron chi connectivity index (χ4n) is 2.42. The van der Waals surface area contributed by atoms with E-state index in [0.29, 0.717) is 5.82 Å². The van der Waals surface area contributed by atoms with Crippen LogP contribution in [-0.2, 0) is 4.79 Å². The van der Waals surface area contributed by atoms with Gasteiger partial charge in [0.15, 0.2) is 11.6 Å². The smallest absolute Gasteiger partial charge is 0.233 e. The fraction of sp³-hybridized carbons (Fsp3) is 0.158. The number of benzene rings is 1. The summed E-state index contributed by atoms with van der Waals surface area (Å²) >= 11 is 1.54. The van der Waals surface area contributed by atoms with Crippen LogP contribution < -0.4 is 10.1 Å². The van der Waals surface area contributed by atoms with Gasteiger partial charge >= 0.3 is 0 Å². The zero-order chi connectivity index (χ0) is 17.8. The van der Waals surface area contributed by atoms with Gasteiger partial charge in [-0.05, 0) is 53.8 Å². The van der Waals surface area contributed by atoms with Crippen LogP contribution in [0.15, 0.2) is 54.0 Å². The first kappa shape index (κ1) is 17.1. The Morgan fingerprint density at radius 3 is 2.76 bits per heavy atom. The molecule has 1 atom stereocenters. The maximum atomic E-state index is 13.6.